The molecule has 96 valence electrons. The van der Waals surface area contributed by atoms with Gasteiger partial charge in [0.15, 0.2) is 0 Å². The van der Waals surface area contributed by atoms with Crippen LogP contribution in [0, 0.1) is 0 Å². The van der Waals surface area contributed by atoms with Gasteiger partial charge >= 0.3 is 0 Å². The molecule has 0 aliphatic carbocycles. The van der Waals surface area contributed by atoms with E-state index in [9.17, 15) is 0 Å². The molecule has 1 unspecified atom stereocenters. The molecule has 1 N–H and O–H groups in total. The number of hydrogen-bond donors (Lipinski definition) is 1. The summed E-state index contributed by atoms with van der Waals surface area (Å²) in [6.07, 6.45) is 2.50. The summed E-state index contributed by atoms with van der Waals surface area (Å²) in [5.41, 5.74) is 0. The Balaban J connectivity index is 2.20. The third-order valence-corrected chi connectivity index (χ3v) is 3.02. The van der Waals surface area contributed by atoms with Crippen LogP contribution in [0.5, 0.6) is 5.75 Å². The Kier molecular flexibility index (Phi) is 6.60. The quantitative estimate of drug-likeness (QED) is 0.769. The van der Waals surface area contributed by atoms with Crippen molar-refractivity contribution in [2.75, 3.05) is 6.54 Å². The molecule has 0 aliphatic heterocycles. The Hall–Kier alpha value is -0.540. The fourth-order valence-electron chi connectivity index (χ4n) is 1.58. The van der Waals surface area contributed by atoms with Crippen molar-refractivity contribution in [2.45, 2.75) is 45.8 Å². The van der Waals surface area contributed by atoms with E-state index in [-0.39, 0.29) is 6.10 Å². The molecule has 1 atom stereocenters. The highest BCUT2D eigenvalue weighted by Gasteiger charge is 2.04. The van der Waals surface area contributed by atoms with Crippen LogP contribution >= 0.6 is 15.9 Å². The van der Waals surface area contributed by atoms with Gasteiger partial charge in [0.1, 0.15) is 5.75 Å². The van der Waals surface area contributed by atoms with Crippen LogP contribution in [-0.2, 0) is 0 Å². The van der Waals surface area contributed by atoms with Gasteiger partial charge in [-0.1, -0.05) is 29.8 Å². The third kappa shape index (κ3) is 6.69. The maximum atomic E-state index is 5.83. The molecule has 1 aromatic rings. The zero-order chi connectivity index (χ0) is 12.7. The fraction of sp³-hybridized carbons (Fsp3) is 0.571. The number of ether oxygens (including phenoxy) is 1. The highest BCUT2D eigenvalue weighted by atomic mass is 79.9. The van der Waals surface area contributed by atoms with Crippen molar-refractivity contribution in [3.63, 3.8) is 0 Å². The summed E-state index contributed by atoms with van der Waals surface area (Å²) in [4.78, 5) is 0. The minimum absolute atomic E-state index is 0.269. The summed E-state index contributed by atoms with van der Waals surface area (Å²) in [5.74, 6) is 0.942. The van der Waals surface area contributed by atoms with E-state index in [4.69, 9.17) is 4.74 Å². The average Bonchev–Trinajstić information content (AvgIpc) is 2.27. The molecule has 17 heavy (non-hydrogen) atoms. The Labute approximate surface area is 113 Å². The lowest BCUT2D eigenvalue weighted by Gasteiger charge is -2.15. The Morgan fingerprint density at radius 1 is 1.18 bits per heavy atom. The molecule has 0 saturated heterocycles. The summed E-state index contributed by atoms with van der Waals surface area (Å²) in [5, 5.41) is 3.41. The Bertz CT molecular complexity index is 311. The predicted molar refractivity (Wildman–Crippen MR) is 76.6 cm³/mol. The summed E-state index contributed by atoms with van der Waals surface area (Å²) in [6, 6.07) is 8.56. The monoisotopic (exact) mass is 299 g/mol. The topological polar surface area (TPSA) is 21.3 Å². The molecule has 0 fully saturated rings. The van der Waals surface area contributed by atoms with E-state index >= 15 is 0 Å². The lowest BCUT2D eigenvalue weighted by molar-refractivity contribution is 0.207. The largest absolute Gasteiger partial charge is 0.491 e. The Morgan fingerprint density at radius 3 is 2.41 bits per heavy atom. The second-order valence-corrected chi connectivity index (χ2v) is 5.55. The van der Waals surface area contributed by atoms with Crippen molar-refractivity contribution < 1.29 is 4.74 Å². The first-order valence-electron chi connectivity index (χ1n) is 6.23. The molecular formula is C14H22BrNO. The smallest absolute Gasteiger partial charge is 0.119 e. The van der Waals surface area contributed by atoms with Gasteiger partial charge < -0.3 is 10.1 Å². The second-order valence-electron chi connectivity index (χ2n) is 4.63. The van der Waals surface area contributed by atoms with Crippen LogP contribution in [0.25, 0.3) is 0 Å². The van der Waals surface area contributed by atoms with Crippen LogP contribution in [0.3, 0.4) is 0 Å². The zero-order valence-corrected chi connectivity index (χ0v) is 12.5. The molecule has 0 saturated carbocycles. The Morgan fingerprint density at radius 2 is 1.82 bits per heavy atom. The normalized spacial score (nSPS) is 12.8. The first-order valence-corrected chi connectivity index (χ1v) is 7.03. The zero-order valence-electron chi connectivity index (χ0n) is 10.9. The number of rotatable bonds is 7. The molecule has 0 aliphatic rings. The molecule has 0 aromatic heterocycles. The molecule has 0 spiro atoms. The van der Waals surface area contributed by atoms with Crippen LogP contribution in [0.2, 0.25) is 0 Å². The molecule has 0 radical (unpaired) electrons. The third-order valence-electron chi connectivity index (χ3n) is 2.49. The fourth-order valence-corrected chi connectivity index (χ4v) is 1.85. The van der Waals surface area contributed by atoms with E-state index in [1.807, 2.05) is 24.3 Å². The maximum Gasteiger partial charge on any atom is 0.119 e. The minimum atomic E-state index is 0.269. The molecular weight excluding hydrogens is 278 g/mol. The van der Waals surface area contributed by atoms with Crippen molar-refractivity contribution in [3.05, 3.63) is 28.7 Å². The molecule has 1 rings (SSSR count). The van der Waals surface area contributed by atoms with Crippen molar-refractivity contribution in [1.82, 2.24) is 5.32 Å². The summed E-state index contributed by atoms with van der Waals surface area (Å²) in [7, 11) is 0. The van der Waals surface area contributed by atoms with Crippen molar-refractivity contribution in [3.8, 4) is 5.75 Å². The van der Waals surface area contributed by atoms with E-state index < -0.39 is 0 Å². The van der Waals surface area contributed by atoms with Crippen LogP contribution in [0.15, 0.2) is 28.7 Å². The second kappa shape index (κ2) is 7.72. The van der Waals surface area contributed by atoms with E-state index in [1.165, 1.54) is 0 Å². The lowest BCUT2D eigenvalue weighted by atomic mass is 10.2. The molecule has 3 heteroatoms. The lowest BCUT2D eigenvalue weighted by Crippen LogP contribution is -2.25. The summed E-state index contributed by atoms with van der Waals surface area (Å²) < 4.78 is 6.91. The van der Waals surface area contributed by atoms with E-state index in [0.717, 1.165) is 29.6 Å². The average molecular weight is 300 g/mol. The van der Waals surface area contributed by atoms with Gasteiger partial charge in [-0.15, -0.1) is 0 Å². The van der Waals surface area contributed by atoms with E-state index in [1.54, 1.807) is 0 Å². The van der Waals surface area contributed by atoms with Crippen LogP contribution in [0.1, 0.15) is 33.6 Å². The van der Waals surface area contributed by atoms with Crippen molar-refractivity contribution >= 4 is 15.9 Å². The number of hydrogen-bond acceptors (Lipinski definition) is 2. The minimum Gasteiger partial charge on any atom is -0.491 e. The van der Waals surface area contributed by atoms with E-state index in [0.29, 0.717) is 6.04 Å². The van der Waals surface area contributed by atoms with Gasteiger partial charge in [-0.3, -0.25) is 0 Å². The predicted octanol–water partition coefficient (Wildman–Crippen LogP) is 3.99. The highest BCUT2D eigenvalue weighted by Crippen LogP contribution is 2.18. The van der Waals surface area contributed by atoms with Crippen LogP contribution in [0.4, 0.5) is 0 Å². The molecule has 1 aromatic carbocycles. The summed E-state index contributed by atoms with van der Waals surface area (Å²) >= 11 is 3.41. The van der Waals surface area contributed by atoms with Crippen LogP contribution in [-0.4, -0.2) is 18.7 Å². The SMILES string of the molecule is CC(C)NCCCC(C)Oc1ccc(Br)cc1. The van der Waals surface area contributed by atoms with E-state index in [2.05, 4.69) is 42.0 Å². The maximum absolute atomic E-state index is 5.83. The van der Waals surface area contributed by atoms with Gasteiger partial charge in [0.25, 0.3) is 0 Å². The van der Waals surface area contributed by atoms with Gasteiger partial charge in [-0.25, -0.2) is 0 Å². The molecule has 0 bridgehead atoms. The number of nitrogens with one attached hydrogen (secondary N) is 1. The number of halogens is 1. The van der Waals surface area contributed by atoms with Gasteiger partial charge in [0, 0.05) is 10.5 Å². The first-order chi connectivity index (χ1) is 8.08. The first kappa shape index (κ1) is 14.5. The van der Waals surface area contributed by atoms with Gasteiger partial charge in [0.05, 0.1) is 6.10 Å². The number of benzene rings is 1. The van der Waals surface area contributed by atoms with Gasteiger partial charge in [-0.05, 0) is 50.6 Å². The van der Waals surface area contributed by atoms with Crippen molar-refractivity contribution in [1.29, 1.82) is 0 Å². The standard InChI is InChI=1S/C14H22BrNO/c1-11(2)16-10-4-5-12(3)17-14-8-6-13(15)7-9-14/h6-9,11-12,16H,4-5,10H2,1-3H3. The van der Waals surface area contributed by atoms with Crippen molar-refractivity contribution in [2.24, 2.45) is 0 Å². The van der Waals surface area contributed by atoms with Gasteiger partial charge in [-0.2, -0.15) is 0 Å². The molecule has 0 heterocycles. The highest BCUT2D eigenvalue weighted by molar-refractivity contribution is 9.10. The van der Waals surface area contributed by atoms with Gasteiger partial charge in [0.2, 0.25) is 0 Å². The summed E-state index contributed by atoms with van der Waals surface area (Å²) in [6.45, 7) is 7.52. The molecule has 0 amide bonds. The van der Waals surface area contributed by atoms with Crippen LogP contribution < -0.4 is 10.1 Å². The molecule has 2 nitrogen and oxygen atoms in total.